The molecular weight excluding hydrogens is 789 g/mol. The van der Waals surface area contributed by atoms with E-state index in [1.807, 2.05) is 0 Å². The summed E-state index contributed by atoms with van der Waals surface area (Å²) in [4.78, 5) is 25.5. The molecule has 0 fully saturated rings. The Bertz CT molecular complexity index is 1150. The maximum absolute atomic E-state index is 12.8. The molecule has 0 N–H and O–H groups in total. The molecule has 0 amide bonds. The lowest BCUT2D eigenvalue weighted by Gasteiger charge is -2.18. The molecule has 0 spiro atoms. The highest BCUT2D eigenvalue weighted by Gasteiger charge is 2.17. The molecule has 0 aromatic heterocycles. The highest BCUT2D eigenvalue weighted by molar-refractivity contribution is 5.70. The first-order valence-corrected chi connectivity index (χ1v) is 27.5. The number of hydrogen-bond donors (Lipinski definition) is 0. The number of rotatable bonds is 50. The second-order valence-corrected chi connectivity index (χ2v) is 18.1. The average molecular weight is 893 g/mol. The van der Waals surface area contributed by atoms with E-state index >= 15 is 0 Å². The monoisotopic (exact) mass is 893 g/mol. The highest BCUT2D eigenvalue weighted by Crippen LogP contribution is 2.14. The lowest BCUT2D eigenvalue weighted by atomic mass is 10.1. The van der Waals surface area contributed by atoms with E-state index in [2.05, 4.69) is 93.7 Å². The highest BCUT2D eigenvalue weighted by atomic mass is 16.6. The van der Waals surface area contributed by atoms with Gasteiger partial charge in [-0.25, -0.2) is 0 Å². The average Bonchev–Trinajstić information content (AvgIpc) is 3.30. The summed E-state index contributed by atoms with van der Waals surface area (Å²) in [6, 6.07) is 0. The summed E-state index contributed by atoms with van der Waals surface area (Å²) in [6.45, 7) is 7.67. The molecular formula is C59H104O5. The number of esters is 2. The Balaban J connectivity index is 4.27. The Hall–Kier alpha value is -2.66. The fraction of sp³-hybridized carbons (Fsp3) is 0.763. The molecule has 64 heavy (non-hydrogen) atoms. The first kappa shape index (κ1) is 61.3. The van der Waals surface area contributed by atoms with Gasteiger partial charge in [-0.3, -0.25) is 9.59 Å². The summed E-state index contributed by atoms with van der Waals surface area (Å²) in [7, 11) is 0. The summed E-state index contributed by atoms with van der Waals surface area (Å²) >= 11 is 0. The second kappa shape index (κ2) is 54.7. The van der Waals surface area contributed by atoms with E-state index in [0.29, 0.717) is 19.4 Å². The van der Waals surface area contributed by atoms with Crippen LogP contribution in [-0.4, -0.2) is 37.9 Å². The number of hydrogen-bond acceptors (Lipinski definition) is 5. The first-order chi connectivity index (χ1) is 31.6. The van der Waals surface area contributed by atoms with Gasteiger partial charge in [0.15, 0.2) is 6.10 Å². The first-order valence-electron chi connectivity index (χ1n) is 27.5. The second-order valence-electron chi connectivity index (χ2n) is 18.1. The number of allylic oxidation sites excluding steroid dienone is 12. The Morgan fingerprint density at radius 2 is 0.719 bits per heavy atom. The van der Waals surface area contributed by atoms with Gasteiger partial charge in [-0.05, 0) is 103 Å². The van der Waals surface area contributed by atoms with Crippen molar-refractivity contribution < 1.29 is 23.8 Å². The van der Waals surface area contributed by atoms with E-state index in [1.54, 1.807) is 0 Å². The van der Waals surface area contributed by atoms with Gasteiger partial charge in [0.25, 0.3) is 0 Å². The van der Waals surface area contributed by atoms with E-state index in [-0.39, 0.29) is 25.2 Å². The van der Waals surface area contributed by atoms with Gasteiger partial charge in [0.05, 0.1) is 6.61 Å². The smallest absolute Gasteiger partial charge is 0.306 e. The quantitative estimate of drug-likeness (QED) is 0.0346. The fourth-order valence-corrected chi connectivity index (χ4v) is 7.59. The van der Waals surface area contributed by atoms with Crippen molar-refractivity contribution >= 4 is 11.9 Å². The van der Waals surface area contributed by atoms with Crippen LogP contribution in [0.15, 0.2) is 72.9 Å². The molecule has 0 aliphatic carbocycles. The third-order valence-corrected chi connectivity index (χ3v) is 11.7. The Labute approximate surface area is 397 Å². The van der Waals surface area contributed by atoms with Crippen molar-refractivity contribution in [3.63, 3.8) is 0 Å². The SMILES string of the molecule is CC/C=C\C/C=C\C/C=C\C/C=C\CCCCCCCCC(=O)OCC(COCCCCCCCC/C=C\CCCC)OC(=O)CCCCCCCCC/C=C\CCCCCCCC. The molecule has 370 valence electrons. The molecule has 0 aromatic rings. The van der Waals surface area contributed by atoms with Crippen molar-refractivity contribution in [2.75, 3.05) is 19.8 Å². The fourth-order valence-electron chi connectivity index (χ4n) is 7.59. The van der Waals surface area contributed by atoms with E-state index < -0.39 is 6.10 Å². The molecule has 5 heteroatoms. The topological polar surface area (TPSA) is 61.8 Å². The molecule has 0 saturated carbocycles. The zero-order valence-corrected chi connectivity index (χ0v) is 42.5. The summed E-state index contributed by atoms with van der Waals surface area (Å²) < 4.78 is 17.4. The van der Waals surface area contributed by atoms with Crippen LogP contribution in [0.25, 0.3) is 0 Å². The molecule has 0 saturated heterocycles. The Kier molecular flexibility index (Phi) is 52.4. The zero-order valence-electron chi connectivity index (χ0n) is 42.5. The van der Waals surface area contributed by atoms with Crippen molar-refractivity contribution in [1.29, 1.82) is 0 Å². The third-order valence-electron chi connectivity index (χ3n) is 11.7. The number of unbranched alkanes of at least 4 members (excludes halogenated alkanes) is 27. The van der Waals surface area contributed by atoms with Gasteiger partial charge in [0.2, 0.25) is 0 Å². The van der Waals surface area contributed by atoms with Crippen molar-refractivity contribution in [1.82, 2.24) is 0 Å². The van der Waals surface area contributed by atoms with Crippen molar-refractivity contribution in [2.45, 2.75) is 271 Å². The van der Waals surface area contributed by atoms with Gasteiger partial charge in [-0.2, -0.15) is 0 Å². The van der Waals surface area contributed by atoms with Gasteiger partial charge in [0.1, 0.15) is 6.61 Å². The number of carbonyl (C=O) groups excluding carboxylic acids is 2. The number of carbonyl (C=O) groups is 2. The maximum atomic E-state index is 12.8. The normalized spacial score (nSPS) is 12.7. The van der Waals surface area contributed by atoms with E-state index in [4.69, 9.17) is 14.2 Å². The molecule has 0 rings (SSSR count). The van der Waals surface area contributed by atoms with Crippen molar-refractivity contribution in [2.24, 2.45) is 0 Å². The minimum absolute atomic E-state index is 0.0724. The van der Waals surface area contributed by atoms with Crippen LogP contribution in [0.2, 0.25) is 0 Å². The molecule has 0 aliphatic heterocycles. The zero-order chi connectivity index (χ0) is 46.3. The minimum atomic E-state index is -0.549. The molecule has 5 nitrogen and oxygen atoms in total. The standard InChI is InChI=1S/C59H104O5/c1-4-7-10-13-16-19-22-25-27-29-30-32-33-35-37-40-43-46-49-52-58(60)63-56-57(55-62-54-51-48-45-42-39-24-21-18-15-12-9-6-3)64-59(61)53-50-47-44-41-38-36-34-31-28-26-23-20-17-14-11-8-5-2/h7,10,15-16,18-19,25-28,30,32,57H,4-6,8-9,11-14,17,20-24,29,31,33-56H2,1-3H3/b10-7-,18-15-,19-16-,27-25-,28-26-,32-30-. The third kappa shape index (κ3) is 52.0. The van der Waals surface area contributed by atoms with Gasteiger partial charge < -0.3 is 14.2 Å². The lowest BCUT2D eigenvalue weighted by molar-refractivity contribution is -0.163. The van der Waals surface area contributed by atoms with E-state index in [0.717, 1.165) is 83.5 Å². The molecule has 0 bridgehead atoms. The molecule has 0 aromatic carbocycles. The van der Waals surface area contributed by atoms with Crippen LogP contribution in [0.3, 0.4) is 0 Å². The largest absolute Gasteiger partial charge is 0.462 e. The molecule has 1 atom stereocenters. The van der Waals surface area contributed by atoms with Gasteiger partial charge in [-0.15, -0.1) is 0 Å². The van der Waals surface area contributed by atoms with Gasteiger partial charge in [-0.1, -0.05) is 222 Å². The summed E-state index contributed by atoms with van der Waals surface area (Å²) in [5.41, 5.74) is 0. The van der Waals surface area contributed by atoms with Crippen LogP contribution < -0.4 is 0 Å². The Morgan fingerprint density at radius 1 is 0.359 bits per heavy atom. The molecule has 0 aliphatic rings. The lowest BCUT2D eigenvalue weighted by Crippen LogP contribution is -2.30. The minimum Gasteiger partial charge on any atom is -0.462 e. The molecule has 0 radical (unpaired) electrons. The van der Waals surface area contributed by atoms with Crippen molar-refractivity contribution in [3.8, 4) is 0 Å². The number of ether oxygens (including phenoxy) is 3. The van der Waals surface area contributed by atoms with Gasteiger partial charge >= 0.3 is 11.9 Å². The van der Waals surface area contributed by atoms with Crippen molar-refractivity contribution in [3.05, 3.63) is 72.9 Å². The van der Waals surface area contributed by atoms with E-state index in [9.17, 15) is 9.59 Å². The predicted octanol–water partition coefficient (Wildman–Crippen LogP) is 18.7. The van der Waals surface area contributed by atoms with E-state index in [1.165, 1.54) is 148 Å². The summed E-state index contributed by atoms with van der Waals surface area (Å²) in [5.74, 6) is -0.416. The maximum Gasteiger partial charge on any atom is 0.306 e. The van der Waals surface area contributed by atoms with Crippen LogP contribution >= 0.6 is 0 Å². The van der Waals surface area contributed by atoms with Crippen LogP contribution in [0.1, 0.15) is 265 Å². The Morgan fingerprint density at radius 3 is 1.19 bits per heavy atom. The molecule has 1 unspecified atom stereocenters. The van der Waals surface area contributed by atoms with Crippen LogP contribution in [-0.2, 0) is 23.8 Å². The summed E-state index contributed by atoms with van der Waals surface area (Å²) in [6.07, 6.45) is 70.5. The predicted molar refractivity (Wildman–Crippen MR) is 279 cm³/mol. The molecule has 0 heterocycles. The van der Waals surface area contributed by atoms with Crippen LogP contribution in [0, 0.1) is 0 Å². The van der Waals surface area contributed by atoms with Crippen LogP contribution in [0.4, 0.5) is 0 Å². The van der Waals surface area contributed by atoms with Gasteiger partial charge in [0, 0.05) is 19.4 Å². The summed E-state index contributed by atoms with van der Waals surface area (Å²) in [5, 5.41) is 0. The van der Waals surface area contributed by atoms with Crippen LogP contribution in [0.5, 0.6) is 0 Å².